The molecular weight excluding hydrogens is 478 g/mol. The van der Waals surface area contributed by atoms with E-state index in [0.717, 1.165) is 0 Å². The summed E-state index contributed by atoms with van der Waals surface area (Å²) < 4.78 is 0. The maximum atomic E-state index is 13.0. The van der Waals surface area contributed by atoms with Gasteiger partial charge in [0.15, 0.2) is 5.96 Å². The lowest BCUT2D eigenvalue weighted by atomic mass is 10.0. The van der Waals surface area contributed by atoms with Crippen molar-refractivity contribution in [1.29, 1.82) is 0 Å². The van der Waals surface area contributed by atoms with Crippen molar-refractivity contribution in [3.63, 3.8) is 0 Å². The van der Waals surface area contributed by atoms with Crippen molar-refractivity contribution in [2.45, 2.75) is 83.1 Å². The van der Waals surface area contributed by atoms with E-state index in [1.54, 1.807) is 13.8 Å². The fraction of sp³-hybridized carbons (Fsp3) is 0.714. The minimum absolute atomic E-state index is 0.00908. The van der Waals surface area contributed by atoms with Gasteiger partial charge in [0.1, 0.15) is 24.2 Å². The van der Waals surface area contributed by atoms with Crippen molar-refractivity contribution in [3.8, 4) is 0 Å². The molecule has 0 saturated heterocycles. The third-order valence-electron chi connectivity index (χ3n) is 5.00. The van der Waals surface area contributed by atoms with E-state index in [9.17, 15) is 34.2 Å². The van der Waals surface area contributed by atoms with Crippen molar-refractivity contribution in [2.75, 3.05) is 6.54 Å². The molecule has 15 nitrogen and oxygen atoms in total. The lowest BCUT2D eigenvalue weighted by molar-refractivity contribution is -0.143. The first-order chi connectivity index (χ1) is 16.6. The van der Waals surface area contributed by atoms with E-state index in [0.29, 0.717) is 0 Å². The maximum Gasteiger partial charge on any atom is 0.326 e. The first kappa shape index (κ1) is 32.5. The van der Waals surface area contributed by atoms with Crippen molar-refractivity contribution in [1.82, 2.24) is 16.0 Å². The number of hydrogen-bond acceptors (Lipinski definition) is 8. The molecule has 0 aliphatic heterocycles. The number of carboxylic acids is 2. The Kier molecular flexibility index (Phi) is 14.7. The van der Waals surface area contributed by atoms with Gasteiger partial charge < -0.3 is 48.5 Å². The highest BCUT2D eigenvalue weighted by Gasteiger charge is 2.31. The Morgan fingerprint density at radius 2 is 1.33 bits per heavy atom. The molecule has 0 rings (SSSR count). The first-order valence-electron chi connectivity index (χ1n) is 11.5. The highest BCUT2D eigenvalue weighted by Crippen LogP contribution is 2.08. The largest absolute Gasteiger partial charge is 0.481 e. The number of carbonyl (C=O) groups excluding carboxylic acids is 3. The molecule has 36 heavy (non-hydrogen) atoms. The van der Waals surface area contributed by atoms with Crippen molar-refractivity contribution in [2.24, 2.45) is 28.1 Å². The number of nitrogens with two attached hydrogens (primary N) is 3. The van der Waals surface area contributed by atoms with E-state index < -0.39 is 66.4 Å². The maximum absolute atomic E-state index is 13.0. The normalized spacial score (nSPS) is 15.1. The average Bonchev–Trinajstić information content (AvgIpc) is 2.76. The zero-order valence-electron chi connectivity index (χ0n) is 20.8. The monoisotopic (exact) mass is 517 g/mol. The quantitative estimate of drug-likeness (QED) is 0.0539. The van der Waals surface area contributed by atoms with Gasteiger partial charge in [0.25, 0.3) is 0 Å². The smallest absolute Gasteiger partial charge is 0.326 e. The molecule has 206 valence electrons. The third-order valence-corrected chi connectivity index (χ3v) is 5.00. The number of carbonyl (C=O) groups is 5. The van der Waals surface area contributed by atoms with Gasteiger partial charge in [-0.3, -0.25) is 24.2 Å². The standard InChI is InChI=1S/C21H39N7O8/c1-10(2)9-14(20(35)36)28-17(32)12(5-4-8-25-21(23)24)26-18(33)13(6-7-15(30)31)27-19(34)16(22)11(3)29/h10-14,16,29H,4-9,22H2,1-3H3,(H,26,33)(H,27,34)(H,28,32)(H,30,31)(H,35,36)(H4,23,24,25). The molecule has 12 N–H and O–H groups in total. The molecule has 5 unspecified atom stereocenters. The minimum atomic E-state index is -1.39. The van der Waals surface area contributed by atoms with Crippen molar-refractivity contribution < 1.29 is 39.3 Å². The molecule has 0 saturated carbocycles. The molecule has 0 aromatic carbocycles. The van der Waals surface area contributed by atoms with Crippen molar-refractivity contribution >= 4 is 35.6 Å². The highest BCUT2D eigenvalue weighted by atomic mass is 16.4. The fourth-order valence-corrected chi connectivity index (χ4v) is 3.03. The zero-order chi connectivity index (χ0) is 28.0. The first-order valence-corrected chi connectivity index (χ1v) is 11.5. The molecular formula is C21H39N7O8. The van der Waals surface area contributed by atoms with Crippen LogP contribution in [0.1, 0.15) is 52.9 Å². The number of nitrogens with zero attached hydrogens (tertiary/aromatic N) is 1. The summed E-state index contributed by atoms with van der Waals surface area (Å²) in [7, 11) is 0. The second kappa shape index (κ2) is 16.3. The van der Waals surface area contributed by atoms with Gasteiger partial charge in [-0.25, -0.2) is 4.79 Å². The van der Waals surface area contributed by atoms with E-state index in [1.165, 1.54) is 6.92 Å². The zero-order valence-corrected chi connectivity index (χ0v) is 20.8. The van der Waals surface area contributed by atoms with Gasteiger partial charge in [0.2, 0.25) is 17.7 Å². The fourth-order valence-electron chi connectivity index (χ4n) is 3.03. The molecule has 0 aromatic heterocycles. The number of nitrogens with one attached hydrogen (secondary N) is 3. The van der Waals surface area contributed by atoms with Crippen LogP contribution in [0.2, 0.25) is 0 Å². The van der Waals surface area contributed by atoms with Crippen LogP contribution in [0, 0.1) is 5.92 Å². The minimum Gasteiger partial charge on any atom is -0.481 e. The summed E-state index contributed by atoms with van der Waals surface area (Å²) in [4.78, 5) is 64.5. The molecule has 0 spiro atoms. The van der Waals surface area contributed by atoms with E-state index in [2.05, 4.69) is 20.9 Å². The molecule has 15 heteroatoms. The Morgan fingerprint density at radius 3 is 1.78 bits per heavy atom. The second-order valence-corrected chi connectivity index (χ2v) is 8.80. The number of amides is 3. The van der Waals surface area contributed by atoms with E-state index in [1.807, 2.05) is 0 Å². The number of aliphatic hydroxyl groups excluding tert-OH is 1. The Morgan fingerprint density at radius 1 is 0.833 bits per heavy atom. The molecule has 0 heterocycles. The topological polar surface area (TPSA) is 273 Å². The summed E-state index contributed by atoms with van der Waals surface area (Å²) >= 11 is 0. The number of hydrogen-bond donors (Lipinski definition) is 9. The van der Waals surface area contributed by atoms with Crippen LogP contribution >= 0.6 is 0 Å². The van der Waals surface area contributed by atoms with Crippen LogP contribution in [0.3, 0.4) is 0 Å². The van der Waals surface area contributed by atoms with Crippen LogP contribution in [-0.2, 0) is 24.0 Å². The number of guanidine groups is 1. The summed E-state index contributed by atoms with van der Waals surface area (Å²) in [5, 5.41) is 35.1. The van der Waals surface area contributed by atoms with E-state index >= 15 is 0 Å². The summed E-state index contributed by atoms with van der Waals surface area (Å²) in [5.41, 5.74) is 16.1. The second-order valence-electron chi connectivity index (χ2n) is 8.80. The van der Waals surface area contributed by atoms with E-state index in [-0.39, 0.29) is 44.1 Å². The number of aliphatic carboxylic acids is 2. The van der Waals surface area contributed by atoms with Gasteiger partial charge in [0.05, 0.1) is 6.10 Å². The third kappa shape index (κ3) is 13.4. The van der Waals surface area contributed by atoms with Crippen LogP contribution in [-0.4, -0.2) is 87.8 Å². The molecule has 0 aromatic rings. The molecule has 0 aliphatic carbocycles. The number of carboxylic acid groups (broad SMARTS) is 2. The van der Waals surface area contributed by atoms with Crippen LogP contribution < -0.4 is 33.2 Å². The predicted molar refractivity (Wildman–Crippen MR) is 129 cm³/mol. The van der Waals surface area contributed by atoms with Gasteiger partial charge in [0, 0.05) is 13.0 Å². The molecule has 3 amide bonds. The Labute approximate surface area is 209 Å². The SMILES string of the molecule is CC(C)CC(NC(=O)C(CCCN=C(N)N)NC(=O)C(CCC(=O)O)NC(=O)C(N)C(C)O)C(=O)O. The Bertz CT molecular complexity index is 799. The predicted octanol–water partition coefficient (Wildman–Crippen LogP) is -2.80. The van der Waals surface area contributed by atoms with Gasteiger partial charge in [-0.05, 0) is 38.5 Å². The number of aliphatic imine (C=N–C) groups is 1. The number of aliphatic hydroxyl groups is 1. The van der Waals surface area contributed by atoms with Gasteiger partial charge in [-0.1, -0.05) is 13.8 Å². The van der Waals surface area contributed by atoms with Gasteiger partial charge in [-0.2, -0.15) is 0 Å². The van der Waals surface area contributed by atoms with Crippen LogP contribution in [0.25, 0.3) is 0 Å². The number of rotatable bonds is 17. The lowest BCUT2D eigenvalue weighted by Gasteiger charge is -2.25. The molecule has 0 radical (unpaired) electrons. The Balaban J connectivity index is 5.71. The molecule has 0 bridgehead atoms. The van der Waals surface area contributed by atoms with Gasteiger partial charge >= 0.3 is 11.9 Å². The molecule has 0 fully saturated rings. The summed E-state index contributed by atoms with van der Waals surface area (Å²) in [6.07, 6.45) is -1.67. The van der Waals surface area contributed by atoms with Crippen LogP contribution in [0.4, 0.5) is 0 Å². The molecule has 5 atom stereocenters. The summed E-state index contributed by atoms with van der Waals surface area (Å²) in [5.74, 6) is -5.27. The van der Waals surface area contributed by atoms with Gasteiger partial charge in [-0.15, -0.1) is 0 Å². The van der Waals surface area contributed by atoms with Crippen LogP contribution in [0.15, 0.2) is 4.99 Å². The van der Waals surface area contributed by atoms with Crippen molar-refractivity contribution in [3.05, 3.63) is 0 Å². The summed E-state index contributed by atoms with van der Waals surface area (Å²) in [6, 6.07) is -5.22. The summed E-state index contributed by atoms with van der Waals surface area (Å²) in [6.45, 7) is 4.96. The molecule has 0 aliphatic rings. The Hall–Kier alpha value is -3.46. The van der Waals surface area contributed by atoms with E-state index in [4.69, 9.17) is 22.3 Å². The lowest BCUT2D eigenvalue weighted by Crippen LogP contribution is -2.58. The average molecular weight is 518 g/mol. The van der Waals surface area contributed by atoms with Crippen LogP contribution in [0.5, 0.6) is 0 Å². The highest BCUT2D eigenvalue weighted by molar-refractivity contribution is 5.94.